The fraction of sp³-hybridized carbons (Fsp3) is 0.759. The van der Waals surface area contributed by atoms with Crippen molar-refractivity contribution >= 4 is 29.8 Å². The minimum Gasteiger partial charge on any atom is -0.481 e. The molecule has 1 rings (SSSR count). The van der Waals surface area contributed by atoms with Crippen molar-refractivity contribution in [3.05, 3.63) is 12.2 Å². The van der Waals surface area contributed by atoms with E-state index in [-0.39, 0.29) is 30.7 Å². The third kappa shape index (κ3) is 15.0. The van der Waals surface area contributed by atoms with Gasteiger partial charge in [-0.1, -0.05) is 27.4 Å². The lowest BCUT2D eigenvalue weighted by Gasteiger charge is -2.21. The Hall–Kier alpha value is -2.95. The quantitative estimate of drug-likeness (QED) is 0.195. The summed E-state index contributed by atoms with van der Waals surface area (Å²) in [5.74, 6) is -2.43. The summed E-state index contributed by atoms with van der Waals surface area (Å²) in [5, 5.41) is 17.9. The van der Waals surface area contributed by atoms with Gasteiger partial charge in [-0.05, 0) is 67.7 Å². The normalized spacial score (nSPS) is 15.7. The third-order valence-corrected chi connectivity index (χ3v) is 6.63. The van der Waals surface area contributed by atoms with Crippen molar-refractivity contribution in [3.8, 4) is 0 Å². The largest absolute Gasteiger partial charge is 0.481 e. The zero-order chi connectivity index (χ0) is 31.9. The van der Waals surface area contributed by atoms with E-state index in [4.69, 9.17) is 24.1 Å². The monoisotopic (exact) mass is 574 g/mol. The Morgan fingerprint density at radius 3 is 1.70 bits per heavy atom. The van der Waals surface area contributed by atoms with Crippen LogP contribution >= 0.6 is 0 Å². The number of cyclic esters (lactones) is 1. The van der Waals surface area contributed by atoms with Crippen LogP contribution in [0, 0.1) is 16.2 Å². The van der Waals surface area contributed by atoms with E-state index in [0.717, 1.165) is 0 Å². The van der Waals surface area contributed by atoms with Gasteiger partial charge in [0, 0.05) is 12.0 Å². The predicted molar refractivity (Wildman–Crippen MR) is 148 cm³/mol. The standard InChI is InChI=1S/C13H22O5.C10H16O4.C6H12O2/c1-6-13(4,5)12(16)18-8-10(14)7-17-11(15)9(2)3;1-4-10(2,3)9(12)14-7-5-6-13-8(7)11;1-4-6(2,3)5(7)8/h10,14H,2,6-8H2,1,3-5H3;7H,4-6H2,1-3H3;4H2,1-3H3,(H,7,8). The second-order valence-electron chi connectivity index (χ2n) is 11.5. The van der Waals surface area contributed by atoms with Crippen molar-refractivity contribution in [2.24, 2.45) is 16.2 Å². The Bertz CT molecular complexity index is 871. The Morgan fingerprint density at radius 1 is 0.900 bits per heavy atom. The van der Waals surface area contributed by atoms with Gasteiger partial charge in [0.05, 0.1) is 22.9 Å². The van der Waals surface area contributed by atoms with E-state index >= 15 is 0 Å². The molecule has 0 amide bonds. The fourth-order valence-electron chi connectivity index (χ4n) is 2.02. The van der Waals surface area contributed by atoms with Crippen LogP contribution in [0.5, 0.6) is 0 Å². The molecule has 1 saturated heterocycles. The van der Waals surface area contributed by atoms with E-state index in [0.29, 0.717) is 32.3 Å². The van der Waals surface area contributed by atoms with E-state index < -0.39 is 46.4 Å². The number of aliphatic hydroxyl groups excluding tert-OH is 1. The van der Waals surface area contributed by atoms with Gasteiger partial charge in [-0.25, -0.2) is 9.59 Å². The Labute approximate surface area is 238 Å². The maximum Gasteiger partial charge on any atom is 0.347 e. The van der Waals surface area contributed by atoms with E-state index in [9.17, 15) is 29.1 Å². The van der Waals surface area contributed by atoms with Crippen LogP contribution in [-0.2, 0) is 42.9 Å². The molecule has 1 aliphatic heterocycles. The molecule has 40 heavy (non-hydrogen) atoms. The Balaban J connectivity index is 0. The van der Waals surface area contributed by atoms with E-state index in [1.807, 2.05) is 20.8 Å². The van der Waals surface area contributed by atoms with Gasteiger partial charge in [-0.2, -0.15) is 0 Å². The lowest BCUT2D eigenvalue weighted by atomic mass is 9.90. The molecule has 232 valence electrons. The molecular weight excluding hydrogens is 524 g/mol. The highest BCUT2D eigenvalue weighted by molar-refractivity contribution is 5.87. The second kappa shape index (κ2) is 17.7. The molecule has 2 unspecified atom stereocenters. The average molecular weight is 575 g/mol. The first-order valence-corrected chi connectivity index (χ1v) is 13.5. The van der Waals surface area contributed by atoms with Crippen molar-refractivity contribution in [2.75, 3.05) is 19.8 Å². The predicted octanol–water partition coefficient (Wildman–Crippen LogP) is 4.23. The number of carbonyl (C=O) groups excluding carboxylic acids is 4. The van der Waals surface area contributed by atoms with Gasteiger partial charge in [0.25, 0.3) is 0 Å². The van der Waals surface area contributed by atoms with Crippen LogP contribution in [0.15, 0.2) is 12.2 Å². The van der Waals surface area contributed by atoms with Crippen LogP contribution in [0.4, 0.5) is 0 Å². The van der Waals surface area contributed by atoms with Crippen molar-refractivity contribution in [1.82, 2.24) is 0 Å². The highest BCUT2D eigenvalue weighted by atomic mass is 16.6. The van der Waals surface area contributed by atoms with Gasteiger partial charge in [0.2, 0.25) is 6.10 Å². The van der Waals surface area contributed by atoms with Crippen molar-refractivity contribution in [3.63, 3.8) is 0 Å². The second-order valence-corrected chi connectivity index (χ2v) is 11.5. The van der Waals surface area contributed by atoms with Crippen LogP contribution in [-0.4, -0.2) is 72.1 Å². The zero-order valence-electron chi connectivity index (χ0n) is 25.9. The molecule has 0 aromatic carbocycles. The van der Waals surface area contributed by atoms with Crippen molar-refractivity contribution in [1.29, 1.82) is 0 Å². The molecule has 0 aromatic rings. The van der Waals surface area contributed by atoms with Crippen molar-refractivity contribution < 1.29 is 53.1 Å². The molecule has 1 heterocycles. The van der Waals surface area contributed by atoms with Gasteiger partial charge in [0.1, 0.15) is 19.3 Å². The first-order valence-electron chi connectivity index (χ1n) is 13.5. The number of carbonyl (C=O) groups is 5. The number of hydrogen-bond acceptors (Lipinski definition) is 10. The Kier molecular flexibility index (Phi) is 17.3. The SMILES string of the molecule is C=C(C)C(=O)OCC(O)COC(=O)C(C)(C)CC.CCC(C)(C)C(=O)O.CCC(C)(C)C(=O)OC1CCOC1=O. The number of carboxylic acid groups (broad SMARTS) is 1. The minimum atomic E-state index is -1.02. The lowest BCUT2D eigenvalue weighted by molar-refractivity contribution is -0.167. The molecule has 0 bridgehead atoms. The third-order valence-electron chi connectivity index (χ3n) is 6.63. The molecular formula is C29H50O11. The number of aliphatic hydroxyl groups is 1. The molecule has 1 aliphatic rings. The van der Waals surface area contributed by atoms with E-state index in [1.165, 1.54) is 6.92 Å². The summed E-state index contributed by atoms with van der Waals surface area (Å²) in [6.45, 7) is 21.1. The molecule has 11 heteroatoms. The highest BCUT2D eigenvalue weighted by Crippen LogP contribution is 2.24. The van der Waals surface area contributed by atoms with Gasteiger partial charge in [-0.15, -0.1) is 0 Å². The first-order chi connectivity index (χ1) is 18.2. The van der Waals surface area contributed by atoms with Gasteiger partial charge in [-0.3, -0.25) is 14.4 Å². The molecule has 0 saturated carbocycles. The summed E-state index contributed by atoms with van der Waals surface area (Å²) in [5.41, 5.74) is -1.39. The smallest absolute Gasteiger partial charge is 0.347 e. The fourth-order valence-corrected chi connectivity index (χ4v) is 2.02. The molecule has 0 aromatic heterocycles. The molecule has 0 aliphatic carbocycles. The van der Waals surface area contributed by atoms with Crippen LogP contribution in [0.3, 0.4) is 0 Å². The number of esters is 4. The molecule has 2 atom stereocenters. The summed E-state index contributed by atoms with van der Waals surface area (Å²) in [4.78, 5) is 55.5. The lowest BCUT2D eigenvalue weighted by Crippen LogP contribution is -2.32. The van der Waals surface area contributed by atoms with Crippen LogP contribution in [0.2, 0.25) is 0 Å². The highest BCUT2D eigenvalue weighted by Gasteiger charge is 2.35. The maximum atomic E-state index is 11.6. The van der Waals surface area contributed by atoms with Gasteiger partial charge < -0.3 is 29.2 Å². The Morgan fingerprint density at radius 2 is 1.35 bits per heavy atom. The van der Waals surface area contributed by atoms with Crippen LogP contribution < -0.4 is 0 Å². The maximum absolute atomic E-state index is 11.6. The summed E-state index contributed by atoms with van der Waals surface area (Å²) in [6, 6.07) is 0. The number of aliphatic carboxylic acids is 1. The number of hydrogen-bond donors (Lipinski definition) is 2. The van der Waals surface area contributed by atoms with Crippen LogP contribution in [0.1, 0.15) is 94.9 Å². The van der Waals surface area contributed by atoms with Crippen LogP contribution in [0.25, 0.3) is 0 Å². The molecule has 2 N–H and O–H groups in total. The van der Waals surface area contributed by atoms with E-state index in [2.05, 4.69) is 6.58 Å². The van der Waals surface area contributed by atoms with Gasteiger partial charge >= 0.3 is 29.8 Å². The molecule has 0 spiro atoms. The molecule has 0 radical (unpaired) electrons. The minimum absolute atomic E-state index is 0.189. The molecule has 1 fully saturated rings. The number of rotatable bonds is 12. The summed E-state index contributed by atoms with van der Waals surface area (Å²) in [7, 11) is 0. The van der Waals surface area contributed by atoms with Gasteiger partial charge in [0.15, 0.2) is 0 Å². The molecule has 11 nitrogen and oxygen atoms in total. The van der Waals surface area contributed by atoms with E-state index in [1.54, 1.807) is 41.5 Å². The number of carboxylic acids is 1. The summed E-state index contributed by atoms with van der Waals surface area (Å²) in [6.07, 6.45) is 0.783. The number of ether oxygens (including phenoxy) is 4. The van der Waals surface area contributed by atoms with Crippen molar-refractivity contribution in [2.45, 2.75) is 107 Å². The first kappa shape index (κ1) is 39.2. The summed E-state index contributed by atoms with van der Waals surface area (Å²) >= 11 is 0. The zero-order valence-corrected chi connectivity index (χ0v) is 25.9. The average Bonchev–Trinajstić information content (AvgIpc) is 3.29. The topological polar surface area (TPSA) is 163 Å². The summed E-state index contributed by atoms with van der Waals surface area (Å²) < 4.78 is 19.4.